The number of hydrogen-bond acceptors (Lipinski definition) is 1. The first kappa shape index (κ1) is 14.7. The second kappa shape index (κ2) is 6.16. The van der Waals surface area contributed by atoms with Gasteiger partial charge in [-0.2, -0.15) is 0 Å². The lowest BCUT2D eigenvalue weighted by atomic mass is 10.0. The number of aryl methyl sites for hydroxylation is 1. The topological polar surface area (TPSA) is 20.2 Å². The average molecular weight is 388 g/mol. The zero-order chi connectivity index (χ0) is 14.0. The van der Waals surface area contributed by atoms with Gasteiger partial charge in [0.15, 0.2) is 0 Å². The minimum atomic E-state index is -0.648. The van der Waals surface area contributed by atoms with E-state index < -0.39 is 6.10 Å². The molecule has 0 spiro atoms. The highest BCUT2D eigenvalue weighted by Gasteiger charge is 2.11. The molecule has 19 heavy (non-hydrogen) atoms. The highest BCUT2D eigenvalue weighted by Crippen LogP contribution is 2.25. The van der Waals surface area contributed by atoms with Crippen molar-refractivity contribution < 1.29 is 9.50 Å². The van der Waals surface area contributed by atoms with E-state index in [4.69, 9.17) is 0 Å². The maximum atomic E-state index is 13.3. The van der Waals surface area contributed by atoms with Crippen molar-refractivity contribution in [3.8, 4) is 0 Å². The first-order chi connectivity index (χ1) is 8.95. The third kappa shape index (κ3) is 3.88. The monoisotopic (exact) mass is 386 g/mol. The van der Waals surface area contributed by atoms with Gasteiger partial charge in [-0.25, -0.2) is 4.39 Å². The Balaban J connectivity index is 2.20. The van der Waals surface area contributed by atoms with Crippen LogP contribution in [0, 0.1) is 12.7 Å². The van der Waals surface area contributed by atoms with Crippen molar-refractivity contribution in [2.75, 3.05) is 0 Å². The van der Waals surface area contributed by atoms with E-state index in [2.05, 4.69) is 31.9 Å². The third-order valence-electron chi connectivity index (χ3n) is 2.93. The summed E-state index contributed by atoms with van der Waals surface area (Å²) in [4.78, 5) is 0. The minimum Gasteiger partial charge on any atom is -0.388 e. The molecule has 0 heterocycles. The summed E-state index contributed by atoms with van der Waals surface area (Å²) in [6.07, 6.45) is -0.267. The normalized spacial score (nSPS) is 12.5. The molecule has 0 aliphatic heterocycles. The van der Waals surface area contributed by atoms with Gasteiger partial charge in [0.2, 0.25) is 0 Å². The van der Waals surface area contributed by atoms with Gasteiger partial charge in [-0.15, -0.1) is 0 Å². The van der Waals surface area contributed by atoms with E-state index in [9.17, 15) is 9.50 Å². The highest BCUT2D eigenvalue weighted by molar-refractivity contribution is 9.10. The second-order valence-corrected chi connectivity index (χ2v) is 6.28. The Morgan fingerprint density at radius 2 is 1.89 bits per heavy atom. The molecule has 1 atom stereocenters. The molecule has 4 heteroatoms. The van der Waals surface area contributed by atoms with Crippen molar-refractivity contribution >= 4 is 31.9 Å². The quantitative estimate of drug-likeness (QED) is 0.791. The van der Waals surface area contributed by atoms with Crippen LogP contribution < -0.4 is 0 Å². The summed E-state index contributed by atoms with van der Waals surface area (Å²) < 4.78 is 14.9. The van der Waals surface area contributed by atoms with Crippen molar-refractivity contribution in [1.82, 2.24) is 0 Å². The van der Waals surface area contributed by atoms with Crippen molar-refractivity contribution in [2.24, 2.45) is 0 Å². The van der Waals surface area contributed by atoms with Crippen LogP contribution in [0.2, 0.25) is 0 Å². The van der Waals surface area contributed by atoms with Gasteiger partial charge in [-0.05, 0) is 47.9 Å². The maximum absolute atomic E-state index is 13.3. The molecular weight excluding hydrogens is 375 g/mol. The lowest BCUT2D eigenvalue weighted by Crippen LogP contribution is -2.02. The van der Waals surface area contributed by atoms with Crippen LogP contribution >= 0.6 is 31.9 Å². The van der Waals surface area contributed by atoms with E-state index in [0.717, 1.165) is 21.2 Å². The molecule has 0 aliphatic carbocycles. The molecule has 2 rings (SSSR count). The van der Waals surface area contributed by atoms with Gasteiger partial charge in [0.05, 0.1) is 6.10 Å². The molecule has 0 fully saturated rings. The average Bonchev–Trinajstić information content (AvgIpc) is 2.31. The largest absolute Gasteiger partial charge is 0.388 e. The summed E-state index contributed by atoms with van der Waals surface area (Å²) in [7, 11) is 0. The minimum absolute atomic E-state index is 0.304. The molecule has 0 saturated carbocycles. The van der Waals surface area contributed by atoms with Crippen molar-refractivity contribution in [3.63, 3.8) is 0 Å². The molecule has 0 amide bonds. The molecular formula is C15H13Br2FO. The van der Waals surface area contributed by atoms with Crippen molar-refractivity contribution in [3.05, 3.63) is 67.9 Å². The predicted molar refractivity (Wildman–Crippen MR) is 81.6 cm³/mol. The zero-order valence-electron chi connectivity index (χ0n) is 10.3. The molecule has 2 aromatic rings. The summed E-state index contributed by atoms with van der Waals surface area (Å²) >= 11 is 6.70. The Hall–Kier alpha value is -0.710. The predicted octanol–water partition coefficient (Wildman–Crippen LogP) is 4.94. The fourth-order valence-electron chi connectivity index (χ4n) is 1.89. The summed E-state index contributed by atoms with van der Waals surface area (Å²) in [5, 5.41) is 10.2. The van der Waals surface area contributed by atoms with Gasteiger partial charge in [-0.3, -0.25) is 0 Å². The van der Waals surface area contributed by atoms with E-state index in [0.29, 0.717) is 10.9 Å². The Labute approximate surface area is 128 Å². The number of benzene rings is 2. The molecule has 100 valence electrons. The van der Waals surface area contributed by atoms with Crippen LogP contribution in [0.1, 0.15) is 22.8 Å². The molecule has 1 N–H and O–H groups in total. The fourth-order valence-corrected chi connectivity index (χ4v) is 2.80. The van der Waals surface area contributed by atoms with Gasteiger partial charge in [0.25, 0.3) is 0 Å². The van der Waals surface area contributed by atoms with Crippen molar-refractivity contribution in [1.29, 1.82) is 0 Å². The number of aliphatic hydroxyl groups excluding tert-OH is 1. The van der Waals surface area contributed by atoms with Crippen LogP contribution in [0.4, 0.5) is 4.39 Å². The number of halogens is 3. The fraction of sp³-hybridized carbons (Fsp3) is 0.200. The Kier molecular flexibility index (Phi) is 4.76. The van der Waals surface area contributed by atoms with E-state index in [1.165, 1.54) is 12.1 Å². The smallest absolute Gasteiger partial charge is 0.124 e. The lowest BCUT2D eigenvalue weighted by Gasteiger charge is -2.13. The molecule has 0 aliphatic rings. The van der Waals surface area contributed by atoms with Gasteiger partial charge in [0.1, 0.15) is 5.82 Å². The molecule has 0 radical (unpaired) electrons. The van der Waals surface area contributed by atoms with E-state index >= 15 is 0 Å². The molecule has 0 bridgehead atoms. The summed E-state index contributed by atoms with van der Waals surface area (Å²) in [5.74, 6) is -0.304. The number of rotatable bonds is 3. The van der Waals surface area contributed by atoms with Crippen LogP contribution in [-0.4, -0.2) is 5.11 Å². The van der Waals surface area contributed by atoms with Gasteiger partial charge >= 0.3 is 0 Å². The zero-order valence-corrected chi connectivity index (χ0v) is 13.5. The first-order valence-electron chi connectivity index (χ1n) is 5.85. The Morgan fingerprint density at radius 3 is 2.53 bits per heavy atom. The van der Waals surface area contributed by atoms with Crippen LogP contribution in [0.5, 0.6) is 0 Å². The summed E-state index contributed by atoms with van der Waals surface area (Å²) in [6.45, 7) is 1.99. The molecule has 0 saturated heterocycles. The first-order valence-corrected chi connectivity index (χ1v) is 7.43. The van der Waals surface area contributed by atoms with Gasteiger partial charge in [0, 0.05) is 15.4 Å². The van der Waals surface area contributed by atoms with Crippen LogP contribution in [0.15, 0.2) is 45.3 Å². The van der Waals surface area contributed by atoms with Crippen LogP contribution in [0.25, 0.3) is 0 Å². The van der Waals surface area contributed by atoms with Gasteiger partial charge in [-0.1, -0.05) is 44.0 Å². The van der Waals surface area contributed by atoms with E-state index in [-0.39, 0.29) is 5.82 Å². The van der Waals surface area contributed by atoms with E-state index in [1.807, 2.05) is 31.2 Å². The summed E-state index contributed by atoms with van der Waals surface area (Å²) in [5.41, 5.74) is 2.69. The molecule has 0 aromatic heterocycles. The van der Waals surface area contributed by atoms with Crippen molar-refractivity contribution in [2.45, 2.75) is 19.4 Å². The highest BCUT2D eigenvalue weighted by atomic mass is 79.9. The standard InChI is InChI=1S/C15H13Br2FO/c1-9-2-3-11(7-14(9)17)15(19)6-10-4-12(16)8-13(18)5-10/h2-5,7-8,15,19H,6H2,1H3. The van der Waals surface area contributed by atoms with E-state index in [1.54, 1.807) is 0 Å². The number of hydrogen-bond donors (Lipinski definition) is 1. The molecule has 1 unspecified atom stereocenters. The SMILES string of the molecule is Cc1ccc(C(O)Cc2cc(F)cc(Br)c2)cc1Br. The Bertz CT molecular complexity index is 578. The van der Waals surface area contributed by atoms with Gasteiger partial charge < -0.3 is 5.11 Å². The summed E-state index contributed by atoms with van der Waals surface area (Å²) in [6, 6.07) is 10.4. The Morgan fingerprint density at radius 1 is 1.16 bits per heavy atom. The number of aliphatic hydroxyl groups is 1. The van der Waals surface area contributed by atoms with Crippen LogP contribution in [-0.2, 0) is 6.42 Å². The molecule has 1 nitrogen and oxygen atoms in total. The molecule has 2 aromatic carbocycles. The maximum Gasteiger partial charge on any atom is 0.124 e. The lowest BCUT2D eigenvalue weighted by molar-refractivity contribution is 0.178. The third-order valence-corrected chi connectivity index (χ3v) is 4.24. The second-order valence-electron chi connectivity index (χ2n) is 4.51. The van der Waals surface area contributed by atoms with Crippen LogP contribution in [0.3, 0.4) is 0 Å².